The fourth-order valence-corrected chi connectivity index (χ4v) is 3.12. The van der Waals surface area contributed by atoms with E-state index in [-0.39, 0.29) is 0 Å². The zero-order valence-electron chi connectivity index (χ0n) is 12.8. The van der Waals surface area contributed by atoms with Gasteiger partial charge in [-0.2, -0.15) is 0 Å². The Hall–Kier alpha value is -1.80. The molecule has 1 fully saturated rings. The van der Waals surface area contributed by atoms with Crippen molar-refractivity contribution in [2.75, 3.05) is 18.4 Å². The van der Waals surface area contributed by atoms with Crippen LogP contribution in [-0.2, 0) is 6.54 Å². The summed E-state index contributed by atoms with van der Waals surface area (Å²) in [6.45, 7) is 5.89. The summed E-state index contributed by atoms with van der Waals surface area (Å²) in [4.78, 5) is 2.58. The Bertz CT molecular complexity index is 565. The van der Waals surface area contributed by atoms with Crippen molar-refractivity contribution < 1.29 is 0 Å². The summed E-state index contributed by atoms with van der Waals surface area (Å²) < 4.78 is 0. The molecule has 0 amide bonds. The Morgan fingerprint density at radius 1 is 1.05 bits per heavy atom. The van der Waals surface area contributed by atoms with E-state index in [1.165, 1.54) is 37.2 Å². The molecule has 2 heteroatoms. The van der Waals surface area contributed by atoms with Crippen molar-refractivity contribution in [1.29, 1.82) is 0 Å². The van der Waals surface area contributed by atoms with Gasteiger partial charge in [0.15, 0.2) is 0 Å². The van der Waals surface area contributed by atoms with E-state index < -0.39 is 0 Å². The minimum absolute atomic E-state index is 0.837. The maximum Gasteiger partial charge on any atom is 0.0387 e. The van der Waals surface area contributed by atoms with Gasteiger partial charge in [0.05, 0.1) is 0 Å². The van der Waals surface area contributed by atoms with Crippen LogP contribution >= 0.6 is 0 Å². The Morgan fingerprint density at radius 3 is 2.67 bits per heavy atom. The number of hydrogen-bond acceptors (Lipinski definition) is 2. The van der Waals surface area contributed by atoms with Crippen LogP contribution in [0, 0.1) is 5.92 Å². The molecule has 1 atom stereocenters. The van der Waals surface area contributed by atoms with Gasteiger partial charge in [-0.1, -0.05) is 37.3 Å². The molecule has 0 bridgehead atoms. The van der Waals surface area contributed by atoms with Crippen molar-refractivity contribution in [1.82, 2.24) is 4.90 Å². The minimum Gasteiger partial charge on any atom is -0.356 e. The molecule has 0 radical (unpaired) electrons. The molecule has 2 aromatic carbocycles. The van der Waals surface area contributed by atoms with Crippen molar-refractivity contribution in [2.24, 2.45) is 5.92 Å². The highest BCUT2D eigenvalue weighted by Gasteiger charge is 2.16. The van der Waals surface area contributed by atoms with Gasteiger partial charge in [-0.3, -0.25) is 4.90 Å². The van der Waals surface area contributed by atoms with Crippen LogP contribution in [0.15, 0.2) is 54.6 Å². The monoisotopic (exact) mass is 280 g/mol. The second-order valence-electron chi connectivity index (χ2n) is 6.17. The number of benzene rings is 2. The molecular weight excluding hydrogens is 256 g/mol. The second-order valence-corrected chi connectivity index (χ2v) is 6.17. The zero-order chi connectivity index (χ0) is 14.5. The van der Waals surface area contributed by atoms with Crippen molar-refractivity contribution in [3.63, 3.8) is 0 Å². The van der Waals surface area contributed by atoms with Crippen LogP contribution < -0.4 is 5.32 Å². The third-order valence-corrected chi connectivity index (χ3v) is 4.14. The first kappa shape index (κ1) is 14.2. The maximum atomic E-state index is 3.47. The Labute approximate surface area is 127 Å². The van der Waals surface area contributed by atoms with Gasteiger partial charge in [-0.15, -0.1) is 0 Å². The quantitative estimate of drug-likeness (QED) is 0.876. The van der Waals surface area contributed by atoms with E-state index in [0.29, 0.717) is 0 Å². The average Bonchev–Trinajstić information content (AvgIpc) is 2.49. The van der Waals surface area contributed by atoms with Gasteiger partial charge in [0.25, 0.3) is 0 Å². The predicted octanol–water partition coefficient (Wildman–Crippen LogP) is 4.66. The third kappa shape index (κ3) is 4.08. The molecule has 21 heavy (non-hydrogen) atoms. The molecule has 0 spiro atoms. The summed E-state index contributed by atoms with van der Waals surface area (Å²) >= 11 is 0. The molecule has 110 valence electrons. The van der Waals surface area contributed by atoms with Crippen LogP contribution in [0.4, 0.5) is 11.4 Å². The largest absolute Gasteiger partial charge is 0.356 e. The molecule has 0 aliphatic carbocycles. The highest BCUT2D eigenvalue weighted by Crippen LogP contribution is 2.21. The smallest absolute Gasteiger partial charge is 0.0387 e. The van der Waals surface area contributed by atoms with E-state index in [1.54, 1.807) is 0 Å². The highest BCUT2D eigenvalue weighted by atomic mass is 15.1. The van der Waals surface area contributed by atoms with Gasteiger partial charge < -0.3 is 5.32 Å². The van der Waals surface area contributed by atoms with Crippen LogP contribution in [-0.4, -0.2) is 18.0 Å². The fourth-order valence-electron chi connectivity index (χ4n) is 3.12. The van der Waals surface area contributed by atoms with E-state index in [9.17, 15) is 0 Å². The first-order valence-corrected chi connectivity index (χ1v) is 7.93. The topological polar surface area (TPSA) is 15.3 Å². The molecule has 1 aliphatic rings. The summed E-state index contributed by atoms with van der Waals surface area (Å²) in [7, 11) is 0. The third-order valence-electron chi connectivity index (χ3n) is 4.14. The molecule has 1 N–H and O–H groups in total. The molecular formula is C19H24N2. The Morgan fingerprint density at radius 2 is 1.86 bits per heavy atom. The van der Waals surface area contributed by atoms with Gasteiger partial charge in [0, 0.05) is 24.5 Å². The molecule has 1 aliphatic heterocycles. The van der Waals surface area contributed by atoms with E-state index in [0.717, 1.165) is 18.2 Å². The van der Waals surface area contributed by atoms with E-state index >= 15 is 0 Å². The number of para-hydroxylation sites is 1. The number of piperidine rings is 1. The lowest BCUT2D eigenvalue weighted by molar-refractivity contribution is 0.176. The molecule has 1 heterocycles. The van der Waals surface area contributed by atoms with Crippen molar-refractivity contribution in [3.8, 4) is 0 Å². The lowest BCUT2D eigenvalue weighted by Crippen LogP contribution is -2.33. The van der Waals surface area contributed by atoms with Gasteiger partial charge in [0.2, 0.25) is 0 Å². The van der Waals surface area contributed by atoms with Gasteiger partial charge >= 0.3 is 0 Å². The van der Waals surface area contributed by atoms with Crippen molar-refractivity contribution >= 4 is 11.4 Å². The summed E-state index contributed by atoms with van der Waals surface area (Å²) in [6, 6.07) is 19.1. The van der Waals surface area contributed by atoms with Crippen LogP contribution in [0.1, 0.15) is 25.3 Å². The standard InChI is InChI=1S/C19H24N2/c1-16-7-6-12-21(14-16)15-17-8-5-11-19(13-17)20-18-9-3-2-4-10-18/h2-5,8-11,13,16,20H,6-7,12,14-15H2,1H3. The molecule has 2 nitrogen and oxygen atoms in total. The lowest BCUT2D eigenvalue weighted by Gasteiger charge is -2.30. The van der Waals surface area contributed by atoms with Crippen molar-refractivity contribution in [3.05, 3.63) is 60.2 Å². The molecule has 1 unspecified atom stereocenters. The molecule has 1 saturated heterocycles. The van der Waals surface area contributed by atoms with E-state index in [1.807, 2.05) is 6.07 Å². The summed E-state index contributed by atoms with van der Waals surface area (Å²) in [5, 5.41) is 3.47. The number of nitrogens with one attached hydrogen (secondary N) is 1. The van der Waals surface area contributed by atoms with Crippen LogP contribution in [0.3, 0.4) is 0 Å². The first-order valence-electron chi connectivity index (χ1n) is 7.93. The Kier molecular flexibility index (Phi) is 4.56. The van der Waals surface area contributed by atoms with Gasteiger partial charge in [-0.25, -0.2) is 0 Å². The van der Waals surface area contributed by atoms with Crippen LogP contribution in [0.5, 0.6) is 0 Å². The molecule has 0 saturated carbocycles. The summed E-state index contributed by atoms with van der Waals surface area (Å²) in [6.07, 6.45) is 2.72. The second kappa shape index (κ2) is 6.77. The SMILES string of the molecule is CC1CCCN(Cc2cccc(Nc3ccccc3)c2)C1. The first-order chi connectivity index (χ1) is 10.3. The predicted molar refractivity (Wildman–Crippen MR) is 89.8 cm³/mol. The van der Waals surface area contributed by atoms with Gasteiger partial charge in [0.1, 0.15) is 0 Å². The number of anilines is 2. The molecule has 2 aromatic rings. The molecule has 0 aromatic heterocycles. The number of rotatable bonds is 4. The Balaban J connectivity index is 1.65. The lowest BCUT2D eigenvalue weighted by atomic mass is 10.00. The summed E-state index contributed by atoms with van der Waals surface area (Å²) in [5.41, 5.74) is 3.70. The maximum absolute atomic E-state index is 3.47. The minimum atomic E-state index is 0.837. The zero-order valence-corrected chi connectivity index (χ0v) is 12.8. The van der Waals surface area contributed by atoms with Crippen LogP contribution in [0.25, 0.3) is 0 Å². The van der Waals surface area contributed by atoms with Crippen LogP contribution in [0.2, 0.25) is 0 Å². The fraction of sp³-hybridized carbons (Fsp3) is 0.368. The summed E-state index contributed by atoms with van der Waals surface area (Å²) in [5.74, 6) is 0.837. The number of nitrogens with zero attached hydrogens (tertiary/aromatic N) is 1. The number of hydrogen-bond donors (Lipinski definition) is 1. The average molecular weight is 280 g/mol. The highest BCUT2D eigenvalue weighted by molar-refractivity contribution is 5.59. The van der Waals surface area contributed by atoms with E-state index in [2.05, 4.69) is 65.7 Å². The van der Waals surface area contributed by atoms with E-state index in [4.69, 9.17) is 0 Å². The van der Waals surface area contributed by atoms with Crippen molar-refractivity contribution in [2.45, 2.75) is 26.3 Å². The van der Waals surface area contributed by atoms with Gasteiger partial charge in [-0.05, 0) is 55.1 Å². The number of likely N-dealkylation sites (tertiary alicyclic amines) is 1. The molecule has 3 rings (SSSR count). The normalized spacial score (nSPS) is 19.4.